The number of carbonyl (C=O) groups excluding carboxylic acids is 1. The van der Waals surface area contributed by atoms with Crippen LogP contribution in [-0.2, 0) is 4.79 Å². The second kappa shape index (κ2) is 7.00. The number of aryl methyl sites for hydroxylation is 1. The van der Waals surface area contributed by atoms with Crippen molar-refractivity contribution in [3.05, 3.63) is 66.1 Å². The third-order valence-electron chi connectivity index (χ3n) is 3.68. The molecule has 2 N–H and O–H groups in total. The normalized spacial score (nSPS) is 12.4. The quantitative estimate of drug-likeness (QED) is 0.556. The van der Waals surface area contributed by atoms with Gasteiger partial charge in [-0.15, -0.1) is 0 Å². The van der Waals surface area contributed by atoms with Gasteiger partial charge in [0.15, 0.2) is 0 Å². The molecule has 1 unspecified atom stereocenters. The summed E-state index contributed by atoms with van der Waals surface area (Å²) in [6, 6.07) is 17.2. The summed E-state index contributed by atoms with van der Waals surface area (Å²) in [6.07, 6.45) is 1.48. The van der Waals surface area contributed by atoms with Gasteiger partial charge in [-0.25, -0.2) is 5.43 Å². The van der Waals surface area contributed by atoms with Gasteiger partial charge in [0, 0.05) is 11.1 Å². The molecule has 0 saturated heterocycles. The van der Waals surface area contributed by atoms with Crippen molar-refractivity contribution >= 4 is 28.6 Å². The van der Waals surface area contributed by atoms with E-state index in [0.717, 1.165) is 22.2 Å². The number of furan rings is 1. The van der Waals surface area contributed by atoms with Crippen molar-refractivity contribution < 1.29 is 9.21 Å². The molecule has 5 nitrogen and oxygen atoms in total. The fourth-order valence-electron chi connectivity index (χ4n) is 2.43. The Labute approximate surface area is 140 Å². The maximum absolute atomic E-state index is 12.2. The summed E-state index contributed by atoms with van der Waals surface area (Å²) in [6.45, 7) is 3.65. The third-order valence-corrected chi connectivity index (χ3v) is 3.68. The molecular formula is C19H19N3O2. The summed E-state index contributed by atoms with van der Waals surface area (Å²) in [7, 11) is 0. The van der Waals surface area contributed by atoms with Crippen molar-refractivity contribution in [2.45, 2.75) is 19.9 Å². The fraction of sp³-hybridized carbons (Fsp3) is 0.158. The number of carbonyl (C=O) groups is 1. The van der Waals surface area contributed by atoms with Gasteiger partial charge in [0.25, 0.3) is 5.91 Å². The summed E-state index contributed by atoms with van der Waals surface area (Å²) in [5.41, 5.74) is 3.43. The predicted octanol–water partition coefficient (Wildman–Crippen LogP) is 3.69. The van der Waals surface area contributed by atoms with E-state index in [1.807, 2.05) is 55.5 Å². The predicted molar refractivity (Wildman–Crippen MR) is 96.2 cm³/mol. The van der Waals surface area contributed by atoms with E-state index in [4.69, 9.17) is 4.42 Å². The number of rotatable bonds is 5. The monoisotopic (exact) mass is 321 g/mol. The van der Waals surface area contributed by atoms with Gasteiger partial charge >= 0.3 is 0 Å². The van der Waals surface area contributed by atoms with Gasteiger partial charge in [-0.05, 0) is 37.4 Å². The van der Waals surface area contributed by atoms with E-state index in [2.05, 4.69) is 15.8 Å². The molecule has 24 heavy (non-hydrogen) atoms. The van der Waals surface area contributed by atoms with Gasteiger partial charge in [0.1, 0.15) is 17.6 Å². The molecule has 0 aliphatic rings. The Balaban J connectivity index is 1.64. The molecule has 1 aromatic heterocycles. The molecule has 0 radical (unpaired) electrons. The summed E-state index contributed by atoms with van der Waals surface area (Å²) in [4.78, 5) is 12.2. The topological polar surface area (TPSA) is 66.6 Å². The molecule has 0 fully saturated rings. The summed E-state index contributed by atoms with van der Waals surface area (Å²) in [5, 5.41) is 9.35. The molecule has 1 heterocycles. The lowest BCUT2D eigenvalue weighted by Crippen LogP contribution is -2.34. The smallest absolute Gasteiger partial charge is 0.262 e. The number of hydrazone groups is 1. The van der Waals surface area contributed by atoms with Gasteiger partial charge < -0.3 is 9.73 Å². The highest BCUT2D eigenvalue weighted by molar-refractivity contribution is 5.96. The summed E-state index contributed by atoms with van der Waals surface area (Å²) >= 11 is 0. The number of hydrogen-bond acceptors (Lipinski definition) is 4. The second-order valence-electron chi connectivity index (χ2n) is 5.58. The summed E-state index contributed by atoms with van der Waals surface area (Å²) in [5.74, 6) is 1.18. The van der Waals surface area contributed by atoms with Gasteiger partial charge in [0.05, 0.1) is 6.21 Å². The lowest BCUT2D eigenvalue weighted by atomic mass is 10.1. The Kier molecular flexibility index (Phi) is 4.61. The van der Waals surface area contributed by atoms with E-state index < -0.39 is 6.04 Å². The number of hydrogen-bond donors (Lipinski definition) is 2. The maximum atomic E-state index is 12.2. The van der Waals surface area contributed by atoms with Crippen molar-refractivity contribution in [1.29, 1.82) is 0 Å². The van der Waals surface area contributed by atoms with E-state index in [0.29, 0.717) is 5.76 Å². The van der Waals surface area contributed by atoms with Crippen molar-refractivity contribution in [3.63, 3.8) is 0 Å². The van der Waals surface area contributed by atoms with Crippen LogP contribution in [0.1, 0.15) is 18.4 Å². The molecule has 1 atom stereocenters. The first-order chi connectivity index (χ1) is 11.6. The van der Waals surface area contributed by atoms with Crippen molar-refractivity contribution in [3.8, 4) is 0 Å². The van der Waals surface area contributed by atoms with Crippen LogP contribution in [-0.4, -0.2) is 18.2 Å². The van der Waals surface area contributed by atoms with Gasteiger partial charge in [-0.1, -0.05) is 36.4 Å². The zero-order valence-corrected chi connectivity index (χ0v) is 13.6. The molecular weight excluding hydrogens is 302 g/mol. The van der Waals surface area contributed by atoms with E-state index in [1.54, 1.807) is 13.0 Å². The van der Waals surface area contributed by atoms with Crippen LogP contribution in [0.4, 0.5) is 5.69 Å². The first-order valence-corrected chi connectivity index (χ1v) is 7.77. The van der Waals surface area contributed by atoms with Crippen LogP contribution in [0.25, 0.3) is 10.8 Å². The molecule has 122 valence electrons. The minimum Gasteiger partial charge on any atom is -0.460 e. The van der Waals surface area contributed by atoms with E-state index in [9.17, 15) is 4.79 Å². The highest BCUT2D eigenvalue weighted by atomic mass is 16.3. The third kappa shape index (κ3) is 3.63. The lowest BCUT2D eigenvalue weighted by molar-refractivity contribution is -0.121. The van der Waals surface area contributed by atoms with Crippen LogP contribution in [0.3, 0.4) is 0 Å². The minimum atomic E-state index is -0.425. The van der Waals surface area contributed by atoms with Crippen LogP contribution in [0, 0.1) is 6.92 Å². The first-order valence-electron chi connectivity index (χ1n) is 7.77. The van der Waals surface area contributed by atoms with E-state index in [-0.39, 0.29) is 5.91 Å². The van der Waals surface area contributed by atoms with Crippen LogP contribution in [0.2, 0.25) is 0 Å². The lowest BCUT2D eigenvalue weighted by Gasteiger charge is -2.15. The molecule has 0 bridgehead atoms. The number of nitrogens with one attached hydrogen (secondary N) is 2. The Morgan fingerprint density at radius 3 is 2.71 bits per heavy atom. The molecule has 0 saturated carbocycles. The minimum absolute atomic E-state index is 0.220. The Hall–Kier alpha value is -3.08. The Bertz CT molecular complexity index is 878. The fourth-order valence-corrected chi connectivity index (χ4v) is 2.43. The second-order valence-corrected chi connectivity index (χ2v) is 5.58. The zero-order valence-electron chi connectivity index (χ0n) is 13.6. The van der Waals surface area contributed by atoms with Crippen LogP contribution in [0.5, 0.6) is 0 Å². The Morgan fingerprint density at radius 1 is 1.12 bits per heavy atom. The maximum Gasteiger partial charge on any atom is 0.262 e. The van der Waals surface area contributed by atoms with E-state index >= 15 is 0 Å². The number of fused-ring (bicyclic) bond motifs is 1. The average molecular weight is 321 g/mol. The van der Waals surface area contributed by atoms with Crippen LogP contribution in [0.15, 0.2) is 64.1 Å². The molecule has 0 aliphatic heterocycles. The SMILES string of the molecule is Cc1ccc(/C=N/NC(=O)C(C)Nc2cccc3ccccc23)o1. The molecule has 0 aliphatic carbocycles. The van der Waals surface area contributed by atoms with E-state index in [1.165, 1.54) is 6.21 Å². The van der Waals surface area contributed by atoms with Crippen molar-refractivity contribution in [2.75, 3.05) is 5.32 Å². The number of amides is 1. The molecule has 5 heteroatoms. The molecule has 2 aromatic carbocycles. The molecule has 3 aromatic rings. The van der Waals surface area contributed by atoms with Crippen LogP contribution >= 0.6 is 0 Å². The first kappa shape index (κ1) is 15.8. The largest absolute Gasteiger partial charge is 0.460 e. The van der Waals surface area contributed by atoms with Crippen molar-refractivity contribution in [2.24, 2.45) is 5.10 Å². The van der Waals surface area contributed by atoms with Gasteiger partial charge in [-0.2, -0.15) is 5.10 Å². The highest BCUT2D eigenvalue weighted by Crippen LogP contribution is 2.23. The zero-order chi connectivity index (χ0) is 16.9. The highest BCUT2D eigenvalue weighted by Gasteiger charge is 2.13. The molecule has 3 rings (SSSR count). The Morgan fingerprint density at radius 2 is 1.92 bits per heavy atom. The number of nitrogens with zero attached hydrogens (tertiary/aromatic N) is 1. The number of anilines is 1. The standard InChI is InChI=1S/C19H19N3O2/c1-13-10-11-16(24-13)12-20-22-19(23)14(2)21-18-9-5-7-15-6-3-4-8-17(15)18/h3-12,14,21H,1-2H3,(H,22,23)/b20-12+. The molecule has 0 spiro atoms. The number of benzene rings is 2. The van der Waals surface area contributed by atoms with Crippen LogP contribution < -0.4 is 10.7 Å². The van der Waals surface area contributed by atoms with Gasteiger partial charge in [0.2, 0.25) is 0 Å². The van der Waals surface area contributed by atoms with Gasteiger partial charge in [-0.3, -0.25) is 4.79 Å². The average Bonchev–Trinajstić information content (AvgIpc) is 3.00. The molecule has 1 amide bonds. The van der Waals surface area contributed by atoms with Crippen molar-refractivity contribution in [1.82, 2.24) is 5.43 Å². The summed E-state index contributed by atoms with van der Waals surface area (Å²) < 4.78 is 5.35.